The molecular weight excluding hydrogens is 198 g/mol. The number of hydrogen-bond acceptors (Lipinski definition) is 1. The normalized spacial score (nSPS) is 10.3. The zero-order chi connectivity index (χ0) is 10.8. The number of benzene rings is 1. The first-order chi connectivity index (χ1) is 7.16. The van der Waals surface area contributed by atoms with Crippen LogP contribution in [0.5, 0.6) is 0 Å². The monoisotopic (exact) mass is 207 g/mol. The maximum absolute atomic E-state index is 12.9. The third-order valence-corrected chi connectivity index (χ3v) is 2.03. The van der Waals surface area contributed by atoms with Gasteiger partial charge in [0.15, 0.2) is 11.6 Å². The van der Waals surface area contributed by atoms with Gasteiger partial charge in [0.05, 0.1) is 11.8 Å². The Bertz CT molecular complexity index is 480. The molecule has 0 aliphatic heterocycles. The van der Waals surface area contributed by atoms with Crippen molar-refractivity contribution in [3.05, 3.63) is 47.8 Å². The van der Waals surface area contributed by atoms with Gasteiger partial charge >= 0.3 is 5.82 Å². The van der Waals surface area contributed by atoms with Gasteiger partial charge in [-0.25, -0.2) is 13.8 Å². The molecule has 0 atom stereocenters. The Labute approximate surface area is 85.6 Å². The minimum Gasteiger partial charge on any atom is -0.243 e. The lowest BCUT2D eigenvalue weighted by Gasteiger charge is -1.95. The van der Waals surface area contributed by atoms with Crippen LogP contribution in [0.1, 0.15) is 5.56 Å². The van der Waals surface area contributed by atoms with Crippen LogP contribution in [0.4, 0.5) is 8.78 Å². The van der Waals surface area contributed by atoms with Gasteiger partial charge in [-0.15, -0.1) is 0 Å². The molecule has 0 bridgehead atoms. The number of nitrogens with one attached hydrogen (secondary N) is 1. The Morgan fingerprint density at radius 1 is 1.20 bits per heavy atom. The summed E-state index contributed by atoms with van der Waals surface area (Å²) < 4.78 is 25.6. The molecule has 0 aliphatic carbocycles. The molecule has 1 aromatic carbocycles. The van der Waals surface area contributed by atoms with E-state index in [1.165, 1.54) is 6.07 Å². The van der Waals surface area contributed by atoms with Crippen molar-refractivity contribution in [3.8, 4) is 11.4 Å². The molecule has 0 saturated carbocycles. The van der Waals surface area contributed by atoms with Crippen LogP contribution in [0.25, 0.3) is 11.4 Å². The van der Waals surface area contributed by atoms with Crippen molar-refractivity contribution in [1.82, 2.24) is 4.98 Å². The maximum atomic E-state index is 12.9. The van der Waals surface area contributed by atoms with E-state index in [0.717, 1.165) is 17.7 Å². The Hall–Kier alpha value is -1.84. The van der Waals surface area contributed by atoms with Crippen molar-refractivity contribution in [1.29, 1.82) is 0 Å². The number of H-pyrrole nitrogens is 1. The van der Waals surface area contributed by atoms with Gasteiger partial charge in [-0.2, -0.15) is 0 Å². The highest BCUT2D eigenvalue weighted by Gasteiger charge is 2.11. The van der Waals surface area contributed by atoms with E-state index < -0.39 is 11.6 Å². The standard InChI is InChI=1S/C11H8F2N2/c1-7-5-14-11(15-6-7)8-2-3-9(12)10(13)4-8/h2-6H,1H3/p+1. The molecule has 1 heterocycles. The number of aromatic amines is 1. The first-order valence-electron chi connectivity index (χ1n) is 4.46. The lowest BCUT2D eigenvalue weighted by molar-refractivity contribution is -0.369. The van der Waals surface area contributed by atoms with Gasteiger partial charge < -0.3 is 0 Å². The van der Waals surface area contributed by atoms with Gasteiger partial charge in [0.1, 0.15) is 6.20 Å². The van der Waals surface area contributed by atoms with Crippen molar-refractivity contribution in [2.24, 2.45) is 0 Å². The summed E-state index contributed by atoms with van der Waals surface area (Å²) in [5.41, 5.74) is 1.50. The smallest absolute Gasteiger partial charge is 0.243 e. The van der Waals surface area contributed by atoms with Crippen LogP contribution >= 0.6 is 0 Å². The van der Waals surface area contributed by atoms with Crippen LogP contribution in [0.15, 0.2) is 30.6 Å². The first kappa shape index (κ1) is 9.71. The molecule has 2 rings (SSSR count). The number of halogens is 2. The molecule has 2 aromatic rings. The summed E-state index contributed by atoms with van der Waals surface area (Å²) in [7, 11) is 0. The predicted molar refractivity (Wildman–Crippen MR) is 50.9 cm³/mol. The topological polar surface area (TPSA) is 27.0 Å². The van der Waals surface area contributed by atoms with E-state index in [4.69, 9.17) is 0 Å². The molecule has 1 N–H and O–H groups in total. The molecule has 0 saturated heterocycles. The zero-order valence-electron chi connectivity index (χ0n) is 8.09. The van der Waals surface area contributed by atoms with E-state index in [9.17, 15) is 8.78 Å². The third-order valence-electron chi connectivity index (χ3n) is 2.03. The minimum atomic E-state index is -0.872. The number of rotatable bonds is 1. The predicted octanol–water partition coefficient (Wildman–Crippen LogP) is 2.15. The highest BCUT2D eigenvalue weighted by atomic mass is 19.2. The molecule has 0 fully saturated rings. The van der Waals surface area contributed by atoms with Crippen LogP contribution in [-0.2, 0) is 0 Å². The van der Waals surface area contributed by atoms with Gasteiger partial charge in [0, 0.05) is 5.56 Å². The second-order valence-electron chi connectivity index (χ2n) is 3.27. The summed E-state index contributed by atoms with van der Waals surface area (Å²) in [4.78, 5) is 6.97. The van der Waals surface area contributed by atoms with Crippen LogP contribution in [0.2, 0.25) is 0 Å². The van der Waals surface area contributed by atoms with Crippen molar-refractivity contribution in [2.75, 3.05) is 0 Å². The van der Waals surface area contributed by atoms with Gasteiger partial charge in [-0.05, 0) is 30.1 Å². The van der Waals surface area contributed by atoms with Gasteiger partial charge in [0.25, 0.3) is 0 Å². The largest absolute Gasteiger partial charge is 0.328 e. The van der Waals surface area contributed by atoms with Crippen molar-refractivity contribution in [2.45, 2.75) is 6.92 Å². The molecule has 0 radical (unpaired) electrons. The fourth-order valence-electron chi connectivity index (χ4n) is 1.22. The number of aryl methyl sites for hydroxylation is 1. The van der Waals surface area contributed by atoms with E-state index >= 15 is 0 Å². The van der Waals surface area contributed by atoms with E-state index in [1.807, 2.05) is 6.92 Å². The molecule has 0 aliphatic rings. The first-order valence-corrected chi connectivity index (χ1v) is 4.46. The Morgan fingerprint density at radius 2 is 2.00 bits per heavy atom. The zero-order valence-corrected chi connectivity index (χ0v) is 8.09. The molecule has 4 heteroatoms. The summed E-state index contributed by atoms with van der Waals surface area (Å²) in [5.74, 6) is -1.21. The highest BCUT2D eigenvalue weighted by Crippen LogP contribution is 2.15. The van der Waals surface area contributed by atoms with Crippen molar-refractivity contribution in [3.63, 3.8) is 0 Å². The third kappa shape index (κ3) is 1.98. The Kier molecular flexibility index (Phi) is 2.41. The van der Waals surface area contributed by atoms with Gasteiger partial charge in [-0.3, -0.25) is 0 Å². The SMILES string of the molecule is Cc1cnc(-c2ccc(F)c(F)c2)[nH+]c1. The lowest BCUT2D eigenvalue weighted by atomic mass is 10.2. The van der Waals surface area contributed by atoms with E-state index in [-0.39, 0.29) is 0 Å². The molecule has 15 heavy (non-hydrogen) atoms. The molecule has 0 spiro atoms. The lowest BCUT2D eigenvalue weighted by Crippen LogP contribution is -2.09. The molecule has 76 valence electrons. The summed E-state index contributed by atoms with van der Waals surface area (Å²) in [5, 5.41) is 0. The van der Waals surface area contributed by atoms with E-state index in [1.54, 1.807) is 12.4 Å². The van der Waals surface area contributed by atoms with Crippen molar-refractivity contribution < 1.29 is 13.8 Å². The van der Waals surface area contributed by atoms with Crippen molar-refractivity contribution >= 4 is 0 Å². The second-order valence-corrected chi connectivity index (χ2v) is 3.27. The summed E-state index contributed by atoms with van der Waals surface area (Å²) in [6.07, 6.45) is 3.41. The molecular formula is C11H9F2N2+. The molecule has 0 unspecified atom stereocenters. The summed E-state index contributed by atoms with van der Waals surface area (Å²) in [6.45, 7) is 1.89. The molecule has 0 amide bonds. The second kappa shape index (κ2) is 3.73. The number of hydrogen-bond donors (Lipinski definition) is 0. The minimum absolute atomic E-state index is 0.513. The molecule has 2 nitrogen and oxygen atoms in total. The summed E-state index contributed by atoms with van der Waals surface area (Å²) >= 11 is 0. The summed E-state index contributed by atoms with van der Waals surface area (Å²) in [6, 6.07) is 3.68. The van der Waals surface area contributed by atoms with Crippen LogP contribution < -0.4 is 4.98 Å². The van der Waals surface area contributed by atoms with E-state index in [0.29, 0.717) is 11.4 Å². The maximum Gasteiger partial charge on any atom is 0.328 e. The van der Waals surface area contributed by atoms with Crippen LogP contribution in [-0.4, -0.2) is 4.98 Å². The van der Waals surface area contributed by atoms with Crippen LogP contribution in [0.3, 0.4) is 0 Å². The van der Waals surface area contributed by atoms with E-state index in [2.05, 4.69) is 9.97 Å². The highest BCUT2D eigenvalue weighted by molar-refractivity contribution is 5.51. The number of aromatic nitrogens is 2. The van der Waals surface area contributed by atoms with Gasteiger partial charge in [-0.1, -0.05) is 0 Å². The quantitative estimate of drug-likeness (QED) is 0.703. The fourth-order valence-corrected chi connectivity index (χ4v) is 1.22. The fraction of sp³-hybridized carbons (Fsp3) is 0.0909. The Morgan fingerprint density at radius 3 is 2.60 bits per heavy atom. The van der Waals surface area contributed by atoms with Gasteiger partial charge in [0.2, 0.25) is 0 Å². The average Bonchev–Trinajstić information content (AvgIpc) is 2.23. The number of nitrogens with zero attached hydrogens (tertiary/aromatic N) is 1. The average molecular weight is 207 g/mol. The van der Waals surface area contributed by atoms with Crippen LogP contribution in [0, 0.1) is 18.6 Å². The Balaban J connectivity index is 2.45. The molecule has 1 aromatic heterocycles.